The second-order valence-electron chi connectivity index (χ2n) is 2.08. The van der Waals surface area contributed by atoms with Crippen molar-refractivity contribution in [2.45, 2.75) is 13.5 Å². The van der Waals surface area contributed by atoms with E-state index in [1.54, 1.807) is 12.1 Å². The molecule has 11 heavy (non-hydrogen) atoms. The highest BCUT2D eigenvalue weighted by Crippen LogP contribution is 1.99. The lowest BCUT2D eigenvalue weighted by Gasteiger charge is -2.00. The van der Waals surface area contributed by atoms with Crippen LogP contribution >= 0.6 is 0 Å². The quantitative estimate of drug-likeness (QED) is 0.376. The van der Waals surface area contributed by atoms with Crippen LogP contribution in [0.15, 0.2) is 30.3 Å². The van der Waals surface area contributed by atoms with Crippen molar-refractivity contribution in [3.05, 3.63) is 35.9 Å². The van der Waals surface area contributed by atoms with Crippen LogP contribution in [0.3, 0.4) is 0 Å². The Morgan fingerprint density at radius 3 is 2.73 bits per heavy atom. The number of hydrogen-bond donors (Lipinski definition) is 0. The van der Waals surface area contributed by atoms with Crippen LogP contribution in [0.2, 0.25) is 0 Å². The van der Waals surface area contributed by atoms with Crippen molar-refractivity contribution >= 4 is 0 Å². The molecule has 0 aliphatic carbocycles. The molecule has 0 unspecified atom stereocenters. The van der Waals surface area contributed by atoms with Crippen LogP contribution in [0.5, 0.6) is 0 Å². The second kappa shape index (κ2) is 4.88. The number of rotatable bonds is 4. The summed E-state index contributed by atoms with van der Waals surface area (Å²) in [5, 5.41) is 0. The van der Waals surface area contributed by atoms with E-state index in [0.717, 1.165) is 5.56 Å². The molecule has 0 spiro atoms. The van der Waals surface area contributed by atoms with Gasteiger partial charge in [0.1, 0.15) is 6.61 Å². The first-order valence-electron chi connectivity index (χ1n) is 4.13. The molecule has 0 aliphatic rings. The second-order valence-corrected chi connectivity index (χ2v) is 2.08. The van der Waals surface area contributed by atoms with E-state index in [0.29, 0.717) is 19.3 Å². The van der Waals surface area contributed by atoms with Gasteiger partial charge in [-0.2, -0.15) is 0 Å². The highest BCUT2D eigenvalue weighted by Gasteiger charge is 1.89. The summed E-state index contributed by atoms with van der Waals surface area (Å²) in [5.74, 6) is 0. The Kier molecular flexibility index (Phi) is 3.03. The largest absolute Gasteiger partial charge is 0.237 e. The normalized spacial score (nSPS) is 11.2. The lowest BCUT2D eigenvalue weighted by Crippen LogP contribution is -1.93. The molecule has 1 aromatic carbocycles. The van der Waals surface area contributed by atoms with Crippen molar-refractivity contribution in [2.75, 3.05) is 6.61 Å². The molecule has 0 bridgehead atoms. The molecule has 0 aromatic heterocycles. The third kappa shape index (κ3) is 3.16. The minimum Gasteiger partial charge on any atom is -0.237 e. The Morgan fingerprint density at radius 2 is 2.09 bits per heavy atom. The molecular formula is C9H12O2. The molecule has 2 nitrogen and oxygen atoms in total. The average molecular weight is 154 g/mol. The van der Waals surface area contributed by atoms with E-state index in [1.807, 2.05) is 19.1 Å². The van der Waals surface area contributed by atoms with Gasteiger partial charge in [-0.15, -0.1) is 0 Å². The lowest BCUT2D eigenvalue weighted by molar-refractivity contribution is -0.300. The van der Waals surface area contributed by atoms with Gasteiger partial charge in [0, 0.05) is 0 Å². The number of benzene rings is 1. The summed E-state index contributed by atoms with van der Waals surface area (Å²) in [6.07, 6.45) is 0. The highest BCUT2D eigenvalue weighted by atomic mass is 17.2. The summed E-state index contributed by atoms with van der Waals surface area (Å²) in [4.78, 5) is 9.57. The number of hydrogen-bond acceptors (Lipinski definition) is 2. The van der Waals surface area contributed by atoms with E-state index < -0.39 is 0 Å². The van der Waals surface area contributed by atoms with Crippen LogP contribution in [-0.2, 0) is 16.4 Å². The van der Waals surface area contributed by atoms with Crippen LogP contribution in [0, 0.1) is 0 Å². The van der Waals surface area contributed by atoms with Crippen LogP contribution < -0.4 is 0 Å². The van der Waals surface area contributed by atoms with Crippen LogP contribution in [0.25, 0.3) is 0 Å². The molecule has 0 saturated heterocycles. The van der Waals surface area contributed by atoms with Gasteiger partial charge in [0.25, 0.3) is 0 Å². The van der Waals surface area contributed by atoms with E-state index >= 15 is 0 Å². The van der Waals surface area contributed by atoms with Crippen LogP contribution in [0.1, 0.15) is 13.9 Å². The fourth-order valence-electron chi connectivity index (χ4n) is 0.711. The summed E-state index contributed by atoms with van der Waals surface area (Å²) < 4.78 is 7.23. The van der Waals surface area contributed by atoms with Crippen molar-refractivity contribution in [2.24, 2.45) is 0 Å². The Morgan fingerprint density at radius 1 is 1.36 bits per heavy atom. The third-order valence-electron chi connectivity index (χ3n) is 1.21. The first kappa shape index (κ1) is 6.83. The maximum absolute atomic E-state index is 7.23. The standard InChI is InChI=1S/C9H12O2/c1-2-10-11-8-9-6-4-3-5-7-9/h3-7H,2,8H2,1H3/i3T. The molecular weight excluding hydrogens is 140 g/mol. The van der Waals surface area contributed by atoms with Crippen molar-refractivity contribution in [1.82, 2.24) is 0 Å². The maximum Gasteiger partial charge on any atom is 0.107 e. The van der Waals surface area contributed by atoms with Crippen molar-refractivity contribution in [3.63, 3.8) is 0 Å². The minimum absolute atomic E-state index is 0.439. The summed E-state index contributed by atoms with van der Waals surface area (Å²) in [7, 11) is 0. The van der Waals surface area contributed by atoms with Gasteiger partial charge in [-0.3, -0.25) is 0 Å². The van der Waals surface area contributed by atoms with Crippen molar-refractivity contribution < 1.29 is 11.1 Å². The minimum atomic E-state index is 0.439. The zero-order valence-corrected chi connectivity index (χ0v) is 6.54. The summed E-state index contributed by atoms with van der Waals surface area (Å²) in [6.45, 7) is 2.86. The van der Waals surface area contributed by atoms with E-state index in [1.165, 1.54) is 0 Å². The Bertz CT molecular complexity index is 220. The van der Waals surface area contributed by atoms with Gasteiger partial charge in [-0.1, -0.05) is 30.3 Å². The van der Waals surface area contributed by atoms with E-state index in [9.17, 15) is 0 Å². The highest BCUT2D eigenvalue weighted by molar-refractivity contribution is 5.13. The fraction of sp³-hybridized carbons (Fsp3) is 0.333. The van der Waals surface area contributed by atoms with E-state index in [4.69, 9.17) is 11.1 Å². The maximum atomic E-state index is 7.23. The Hall–Kier alpha value is -0.860. The predicted molar refractivity (Wildman–Crippen MR) is 42.9 cm³/mol. The van der Waals surface area contributed by atoms with Gasteiger partial charge >= 0.3 is 0 Å². The van der Waals surface area contributed by atoms with Gasteiger partial charge < -0.3 is 0 Å². The molecule has 0 amide bonds. The lowest BCUT2D eigenvalue weighted by atomic mass is 10.2. The molecule has 0 radical (unpaired) electrons. The average Bonchev–Trinajstić information content (AvgIpc) is 2.09. The van der Waals surface area contributed by atoms with Crippen molar-refractivity contribution in [1.29, 1.82) is 0 Å². The molecule has 0 N–H and O–H groups in total. The molecule has 2 heteroatoms. The predicted octanol–water partition coefficient (Wildman–Crippen LogP) is 2.15. The van der Waals surface area contributed by atoms with Gasteiger partial charge in [0.2, 0.25) is 0 Å². The van der Waals surface area contributed by atoms with Crippen LogP contribution in [0.4, 0.5) is 0 Å². The molecule has 0 fully saturated rings. The first-order chi connectivity index (χ1) is 5.83. The van der Waals surface area contributed by atoms with Crippen LogP contribution in [-0.4, -0.2) is 6.61 Å². The summed E-state index contributed by atoms with van der Waals surface area (Å²) >= 11 is 0. The molecule has 0 saturated carbocycles. The zero-order valence-electron chi connectivity index (χ0n) is 7.54. The Labute approximate surface area is 68.1 Å². The third-order valence-corrected chi connectivity index (χ3v) is 1.21. The molecule has 0 atom stereocenters. The van der Waals surface area contributed by atoms with Gasteiger partial charge in [-0.25, -0.2) is 9.78 Å². The molecule has 1 aromatic rings. The zero-order chi connectivity index (χ0) is 8.81. The monoisotopic (exact) mass is 154 g/mol. The molecule has 60 valence electrons. The molecule has 0 heterocycles. The fourth-order valence-corrected chi connectivity index (χ4v) is 0.711. The van der Waals surface area contributed by atoms with Crippen molar-refractivity contribution in [3.8, 4) is 0 Å². The van der Waals surface area contributed by atoms with Gasteiger partial charge in [0.05, 0.1) is 7.98 Å². The molecule has 0 aliphatic heterocycles. The van der Waals surface area contributed by atoms with E-state index in [-0.39, 0.29) is 0 Å². The summed E-state index contributed by atoms with van der Waals surface area (Å²) in [6, 6.07) is 7.66. The molecule has 1 rings (SSSR count). The SMILES string of the molecule is [3H]c1ccc(COOCC)cc1. The van der Waals surface area contributed by atoms with Gasteiger partial charge in [-0.05, 0) is 12.5 Å². The topological polar surface area (TPSA) is 18.5 Å². The Balaban J connectivity index is 2.37. The van der Waals surface area contributed by atoms with E-state index in [2.05, 4.69) is 0 Å². The summed E-state index contributed by atoms with van der Waals surface area (Å²) in [5.41, 5.74) is 1.01. The smallest absolute Gasteiger partial charge is 0.107 e. The van der Waals surface area contributed by atoms with Gasteiger partial charge in [0.15, 0.2) is 0 Å². The first-order valence-corrected chi connectivity index (χ1v) is 3.63.